The number of fused-ring (bicyclic) bond motifs is 1. The minimum atomic E-state index is 0.488. The first-order chi connectivity index (χ1) is 7.61. The standard InChI is InChI=1S/C13H22N3/c1-10(2)15-9-5-6-13-12(15)7-8-14-16(13)11(3)4/h5-6,9-11,14H,7-8H2,1-4H3/q+1. The van der Waals surface area contributed by atoms with Crippen LogP contribution < -0.4 is 15.0 Å². The fourth-order valence-electron chi connectivity index (χ4n) is 2.35. The fourth-order valence-corrected chi connectivity index (χ4v) is 2.35. The minimum absolute atomic E-state index is 0.488. The highest BCUT2D eigenvalue weighted by atomic mass is 15.5. The summed E-state index contributed by atoms with van der Waals surface area (Å²) in [6.45, 7) is 9.94. The summed E-state index contributed by atoms with van der Waals surface area (Å²) < 4.78 is 2.38. The van der Waals surface area contributed by atoms with Crippen LogP contribution in [0.1, 0.15) is 39.4 Å². The predicted molar refractivity (Wildman–Crippen MR) is 66.3 cm³/mol. The third-order valence-corrected chi connectivity index (χ3v) is 3.08. The molecule has 3 heteroatoms. The van der Waals surface area contributed by atoms with E-state index in [2.05, 4.69) is 61.0 Å². The Morgan fingerprint density at radius 2 is 2.06 bits per heavy atom. The van der Waals surface area contributed by atoms with E-state index in [9.17, 15) is 0 Å². The molecule has 0 amide bonds. The zero-order chi connectivity index (χ0) is 11.7. The van der Waals surface area contributed by atoms with Crippen LogP contribution in [-0.4, -0.2) is 12.6 Å². The number of rotatable bonds is 2. The third kappa shape index (κ3) is 1.92. The zero-order valence-corrected chi connectivity index (χ0v) is 10.7. The largest absolute Gasteiger partial charge is 0.300 e. The van der Waals surface area contributed by atoms with Gasteiger partial charge >= 0.3 is 0 Å². The summed E-state index contributed by atoms with van der Waals surface area (Å²) in [6, 6.07) is 5.37. The summed E-state index contributed by atoms with van der Waals surface area (Å²) in [7, 11) is 0. The van der Waals surface area contributed by atoms with Gasteiger partial charge in [0.2, 0.25) is 5.69 Å². The van der Waals surface area contributed by atoms with Gasteiger partial charge in [-0.3, -0.25) is 0 Å². The summed E-state index contributed by atoms with van der Waals surface area (Å²) in [5, 5.41) is 2.28. The lowest BCUT2D eigenvalue weighted by atomic mass is 10.1. The van der Waals surface area contributed by atoms with Gasteiger partial charge in [-0.05, 0) is 33.8 Å². The molecule has 0 spiro atoms. The maximum absolute atomic E-state index is 3.46. The zero-order valence-electron chi connectivity index (χ0n) is 10.7. The van der Waals surface area contributed by atoms with E-state index in [0.717, 1.165) is 13.0 Å². The van der Waals surface area contributed by atoms with Crippen LogP contribution in [0.25, 0.3) is 0 Å². The van der Waals surface area contributed by atoms with Crippen LogP contribution in [0.2, 0.25) is 0 Å². The topological polar surface area (TPSA) is 19.1 Å². The molecule has 1 aromatic heterocycles. The normalized spacial score (nSPS) is 15.8. The second kappa shape index (κ2) is 4.42. The Hall–Kier alpha value is -1.09. The molecule has 0 bridgehead atoms. The molecule has 1 aliphatic heterocycles. The predicted octanol–water partition coefficient (Wildman–Crippen LogP) is 1.83. The number of anilines is 1. The number of nitrogens with one attached hydrogen (secondary N) is 1. The molecule has 1 aliphatic rings. The smallest absolute Gasteiger partial charge is 0.207 e. The average molecular weight is 220 g/mol. The number of hydrogen-bond acceptors (Lipinski definition) is 2. The first kappa shape index (κ1) is 11.4. The van der Waals surface area contributed by atoms with Crippen molar-refractivity contribution in [2.75, 3.05) is 11.6 Å². The van der Waals surface area contributed by atoms with Gasteiger partial charge in [0.15, 0.2) is 12.2 Å². The molecule has 0 unspecified atom stereocenters. The summed E-state index contributed by atoms with van der Waals surface area (Å²) in [5.41, 5.74) is 6.24. The van der Waals surface area contributed by atoms with Gasteiger partial charge in [0.25, 0.3) is 0 Å². The Labute approximate surface area is 98.1 Å². The first-order valence-corrected chi connectivity index (χ1v) is 6.17. The number of nitrogens with zero attached hydrogens (tertiary/aromatic N) is 2. The molecule has 2 rings (SSSR count). The highest BCUT2D eigenvalue weighted by Crippen LogP contribution is 2.22. The average Bonchev–Trinajstić information content (AvgIpc) is 2.27. The van der Waals surface area contributed by atoms with Crippen molar-refractivity contribution in [2.24, 2.45) is 0 Å². The van der Waals surface area contributed by atoms with Gasteiger partial charge < -0.3 is 5.01 Å². The van der Waals surface area contributed by atoms with Crippen LogP contribution in [0.3, 0.4) is 0 Å². The fraction of sp³-hybridized carbons (Fsp3) is 0.615. The maximum atomic E-state index is 3.46. The quantitative estimate of drug-likeness (QED) is 0.767. The van der Waals surface area contributed by atoms with Gasteiger partial charge in [-0.25, -0.2) is 5.43 Å². The van der Waals surface area contributed by atoms with E-state index in [0.29, 0.717) is 12.1 Å². The van der Waals surface area contributed by atoms with Gasteiger partial charge in [-0.15, -0.1) is 0 Å². The molecule has 88 valence electrons. The van der Waals surface area contributed by atoms with Gasteiger partial charge in [-0.2, -0.15) is 4.57 Å². The summed E-state index contributed by atoms with van der Waals surface area (Å²) >= 11 is 0. The van der Waals surface area contributed by atoms with E-state index in [1.807, 2.05) is 0 Å². The molecule has 0 aliphatic carbocycles. The first-order valence-electron chi connectivity index (χ1n) is 6.17. The Morgan fingerprint density at radius 1 is 1.31 bits per heavy atom. The van der Waals surface area contributed by atoms with Crippen molar-refractivity contribution < 1.29 is 4.57 Å². The van der Waals surface area contributed by atoms with E-state index >= 15 is 0 Å². The van der Waals surface area contributed by atoms with E-state index in [4.69, 9.17) is 0 Å². The van der Waals surface area contributed by atoms with E-state index in [-0.39, 0.29) is 0 Å². The molecule has 0 saturated carbocycles. The van der Waals surface area contributed by atoms with Crippen molar-refractivity contribution in [3.63, 3.8) is 0 Å². The van der Waals surface area contributed by atoms with Crippen LogP contribution in [-0.2, 0) is 6.42 Å². The third-order valence-electron chi connectivity index (χ3n) is 3.08. The van der Waals surface area contributed by atoms with E-state index in [1.165, 1.54) is 11.4 Å². The van der Waals surface area contributed by atoms with Crippen molar-refractivity contribution in [1.82, 2.24) is 5.43 Å². The molecule has 0 saturated heterocycles. The Balaban J connectivity index is 2.46. The molecule has 0 fully saturated rings. The maximum Gasteiger partial charge on any atom is 0.207 e. The Bertz CT molecular complexity index is 371. The summed E-state index contributed by atoms with van der Waals surface area (Å²) in [4.78, 5) is 0. The molecule has 0 radical (unpaired) electrons. The molecular weight excluding hydrogens is 198 g/mol. The Morgan fingerprint density at radius 3 is 2.69 bits per heavy atom. The van der Waals surface area contributed by atoms with Crippen molar-refractivity contribution in [2.45, 2.75) is 46.2 Å². The monoisotopic (exact) mass is 220 g/mol. The molecule has 2 heterocycles. The number of hydrazine groups is 1. The minimum Gasteiger partial charge on any atom is -0.300 e. The van der Waals surface area contributed by atoms with Crippen LogP contribution in [0.5, 0.6) is 0 Å². The van der Waals surface area contributed by atoms with Crippen LogP contribution >= 0.6 is 0 Å². The van der Waals surface area contributed by atoms with Crippen LogP contribution in [0, 0.1) is 0 Å². The highest BCUT2D eigenvalue weighted by molar-refractivity contribution is 5.49. The van der Waals surface area contributed by atoms with Crippen LogP contribution in [0.4, 0.5) is 5.69 Å². The molecule has 1 N–H and O–H groups in total. The molecular formula is C13H22N3+. The molecule has 16 heavy (non-hydrogen) atoms. The van der Waals surface area contributed by atoms with E-state index < -0.39 is 0 Å². The number of pyridine rings is 1. The van der Waals surface area contributed by atoms with Crippen molar-refractivity contribution in [3.8, 4) is 0 Å². The lowest BCUT2D eigenvalue weighted by molar-refractivity contribution is -0.722. The SMILES string of the molecule is CC(C)N1NCCc2c1ccc[n+]2C(C)C. The van der Waals surface area contributed by atoms with Crippen molar-refractivity contribution in [1.29, 1.82) is 0 Å². The van der Waals surface area contributed by atoms with Gasteiger partial charge in [-0.1, -0.05) is 0 Å². The number of hydrogen-bond donors (Lipinski definition) is 1. The summed E-state index contributed by atoms with van der Waals surface area (Å²) in [6.07, 6.45) is 3.30. The molecule has 0 aromatic carbocycles. The van der Waals surface area contributed by atoms with Crippen LogP contribution in [0.15, 0.2) is 18.3 Å². The lowest BCUT2D eigenvalue weighted by Crippen LogP contribution is -2.52. The molecule has 1 aromatic rings. The van der Waals surface area contributed by atoms with Crippen molar-refractivity contribution in [3.05, 3.63) is 24.0 Å². The van der Waals surface area contributed by atoms with E-state index in [1.54, 1.807) is 0 Å². The highest BCUT2D eigenvalue weighted by Gasteiger charge is 2.27. The summed E-state index contributed by atoms with van der Waals surface area (Å²) in [5.74, 6) is 0. The lowest BCUT2D eigenvalue weighted by Gasteiger charge is -2.33. The van der Waals surface area contributed by atoms with Crippen molar-refractivity contribution >= 4 is 5.69 Å². The number of aromatic nitrogens is 1. The second-order valence-corrected chi connectivity index (χ2v) is 4.96. The molecule has 0 atom stereocenters. The Kier molecular flexibility index (Phi) is 3.15. The molecule has 3 nitrogen and oxygen atoms in total. The van der Waals surface area contributed by atoms with Gasteiger partial charge in [0.05, 0.1) is 0 Å². The van der Waals surface area contributed by atoms with Gasteiger partial charge in [0.1, 0.15) is 5.69 Å². The van der Waals surface area contributed by atoms with Gasteiger partial charge in [0, 0.05) is 25.1 Å². The second-order valence-electron chi connectivity index (χ2n) is 4.96.